The van der Waals surface area contributed by atoms with Gasteiger partial charge in [-0.3, -0.25) is 0 Å². The van der Waals surface area contributed by atoms with Gasteiger partial charge >= 0.3 is 0 Å². The molecule has 1 aromatic rings. The van der Waals surface area contributed by atoms with Crippen LogP contribution in [0.25, 0.3) is 0 Å². The van der Waals surface area contributed by atoms with Crippen molar-refractivity contribution in [3.63, 3.8) is 0 Å². The Bertz CT molecular complexity index is 371. The summed E-state index contributed by atoms with van der Waals surface area (Å²) in [5.41, 5.74) is 1.42. The minimum atomic E-state index is -0.244. The molecule has 0 aliphatic heterocycles. The highest BCUT2D eigenvalue weighted by Crippen LogP contribution is 2.54. The van der Waals surface area contributed by atoms with E-state index in [-0.39, 0.29) is 6.10 Å². The van der Waals surface area contributed by atoms with Gasteiger partial charge in [-0.15, -0.1) is 0 Å². The number of aliphatic hydroxyl groups excluding tert-OH is 1. The highest BCUT2D eigenvalue weighted by atomic mass is 16.5. The lowest BCUT2D eigenvalue weighted by atomic mass is 9.99. The molecule has 1 saturated carbocycles. The topological polar surface area (TPSA) is 29.5 Å². The first-order chi connectivity index (χ1) is 7.54. The second-order valence-electron chi connectivity index (χ2n) is 5.38. The third-order valence-electron chi connectivity index (χ3n) is 3.68. The Kier molecular flexibility index (Phi) is 2.94. The van der Waals surface area contributed by atoms with Gasteiger partial charge in [0.25, 0.3) is 0 Å². The number of para-hydroxylation sites is 1. The molecule has 2 atom stereocenters. The van der Waals surface area contributed by atoms with Crippen LogP contribution in [0.5, 0.6) is 5.75 Å². The molecule has 1 aliphatic carbocycles. The molecule has 88 valence electrons. The van der Waals surface area contributed by atoms with Gasteiger partial charge in [0.05, 0.1) is 13.2 Å². The lowest BCUT2D eigenvalue weighted by molar-refractivity contribution is 0.136. The maximum Gasteiger partial charge on any atom is 0.122 e. The number of hydrogen-bond donors (Lipinski definition) is 1. The Labute approximate surface area is 97.3 Å². The molecule has 0 saturated heterocycles. The van der Waals surface area contributed by atoms with Crippen LogP contribution in [-0.2, 0) is 6.42 Å². The second-order valence-corrected chi connectivity index (χ2v) is 5.38. The van der Waals surface area contributed by atoms with Crippen molar-refractivity contribution in [1.82, 2.24) is 0 Å². The lowest BCUT2D eigenvalue weighted by Gasteiger charge is -2.14. The molecule has 2 unspecified atom stereocenters. The number of rotatable bonds is 4. The van der Waals surface area contributed by atoms with Gasteiger partial charge in [-0.1, -0.05) is 32.0 Å². The molecule has 0 amide bonds. The molecule has 1 aromatic carbocycles. The van der Waals surface area contributed by atoms with E-state index >= 15 is 0 Å². The Morgan fingerprint density at radius 2 is 2.06 bits per heavy atom. The zero-order valence-electron chi connectivity index (χ0n) is 10.2. The highest BCUT2D eigenvalue weighted by Gasteiger charge is 2.49. The standard InChI is InChI=1S/C14H20O2/c1-14(2)9-11(14)12(15)8-10-6-4-5-7-13(10)16-3/h4-7,11-12,15H,8-9H2,1-3H3. The Morgan fingerprint density at radius 1 is 1.44 bits per heavy atom. The van der Waals surface area contributed by atoms with Crippen molar-refractivity contribution in [2.45, 2.75) is 32.8 Å². The van der Waals surface area contributed by atoms with Crippen LogP contribution in [0.15, 0.2) is 24.3 Å². The Hall–Kier alpha value is -1.02. The number of methoxy groups -OCH3 is 1. The largest absolute Gasteiger partial charge is 0.496 e. The Balaban J connectivity index is 2.04. The fourth-order valence-electron chi connectivity index (χ4n) is 2.40. The number of benzene rings is 1. The molecule has 2 nitrogen and oxygen atoms in total. The molecular weight excluding hydrogens is 200 g/mol. The normalized spacial score (nSPS) is 23.9. The predicted molar refractivity (Wildman–Crippen MR) is 64.6 cm³/mol. The van der Waals surface area contributed by atoms with Crippen molar-refractivity contribution in [3.05, 3.63) is 29.8 Å². The highest BCUT2D eigenvalue weighted by molar-refractivity contribution is 5.34. The van der Waals surface area contributed by atoms with Crippen LogP contribution in [0.3, 0.4) is 0 Å². The van der Waals surface area contributed by atoms with Crippen LogP contribution < -0.4 is 4.74 Å². The van der Waals surface area contributed by atoms with Crippen LogP contribution in [0, 0.1) is 11.3 Å². The van der Waals surface area contributed by atoms with E-state index in [1.54, 1.807) is 7.11 Å². The summed E-state index contributed by atoms with van der Waals surface area (Å²) in [7, 11) is 1.67. The van der Waals surface area contributed by atoms with E-state index in [0.717, 1.165) is 17.7 Å². The summed E-state index contributed by atoms with van der Waals surface area (Å²) in [5.74, 6) is 1.32. The molecule has 1 fully saturated rings. The Morgan fingerprint density at radius 3 is 2.62 bits per heavy atom. The number of aliphatic hydroxyl groups is 1. The zero-order valence-corrected chi connectivity index (χ0v) is 10.2. The summed E-state index contributed by atoms with van der Waals surface area (Å²) in [4.78, 5) is 0. The van der Waals surface area contributed by atoms with E-state index in [2.05, 4.69) is 13.8 Å². The van der Waals surface area contributed by atoms with E-state index < -0.39 is 0 Å². The van der Waals surface area contributed by atoms with Gasteiger partial charge in [0.1, 0.15) is 5.75 Å². The van der Waals surface area contributed by atoms with E-state index in [1.807, 2.05) is 24.3 Å². The van der Waals surface area contributed by atoms with Crippen LogP contribution in [0.1, 0.15) is 25.8 Å². The van der Waals surface area contributed by atoms with Crippen molar-refractivity contribution < 1.29 is 9.84 Å². The van der Waals surface area contributed by atoms with Gasteiger partial charge < -0.3 is 9.84 Å². The maximum absolute atomic E-state index is 10.1. The molecular formula is C14H20O2. The number of hydrogen-bond acceptors (Lipinski definition) is 2. The van der Waals surface area contributed by atoms with E-state index in [9.17, 15) is 5.11 Å². The first kappa shape index (κ1) is 11.5. The molecule has 0 bridgehead atoms. The van der Waals surface area contributed by atoms with E-state index in [0.29, 0.717) is 17.8 Å². The van der Waals surface area contributed by atoms with Crippen LogP contribution in [-0.4, -0.2) is 18.3 Å². The number of ether oxygens (including phenoxy) is 1. The van der Waals surface area contributed by atoms with E-state index in [4.69, 9.17) is 4.74 Å². The van der Waals surface area contributed by atoms with Crippen molar-refractivity contribution in [2.75, 3.05) is 7.11 Å². The van der Waals surface area contributed by atoms with Gasteiger partial charge in [0.2, 0.25) is 0 Å². The molecule has 16 heavy (non-hydrogen) atoms. The van der Waals surface area contributed by atoms with Gasteiger partial charge in [0.15, 0.2) is 0 Å². The first-order valence-corrected chi connectivity index (χ1v) is 5.84. The van der Waals surface area contributed by atoms with Crippen molar-refractivity contribution in [2.24, 2.45) is 11.3 Å². The summed E-state index contributed by atoms with van der Waals surface area (Å²) in [6.07, 6.45) is 1.58. The second kappa shape index (κ2) is 4.10. The fraction of sp³-hybridized carbons (Fsp3) is 0.571. The summed E-state index contributed by atoms with van der Waals surface area (Å²) in [6.45, 7) is 4.42. The quantitative estimate of drug-likeness (QED) is 0.845. The summed E-state index contributed by atoms with van der Waals surface area (Å²) >= 11 is 0. The lowest BCUT2D eigenvalue weighted by Crippen LogP contribution is -2.16. The predicted octanol–water partition coefficient (Wildman–Crippen LogP) is 2.64. The van der Waals surface area contributed by atoms with Gasteiger partial charge in [-0.25, -0.2) is 0 Å². The van der Waals surface area contributed by atoms with Crippen molar-refractivity contribution >= 4 is 0 Å². The SMILES string of the molecule is COc1ccccc1CC(O)C1CC1(C)C. The average Bonchev–Trinajstić information content (AvgIpc) is 2.89. The minimum Gasteiger partial charge on any atom is -0.496 e. The fourth-order valence-corrected chi connectivity index (χ4v) is 2.40. The van der Waals surface area contributed by atoms with E-state index in [1.165, 1.54) is 0 Å². The molecule has 1 aliphatic rings. The molecule has 2 rings (SSSR count). The van der Waals surface area contributed by atoms with Gasteiger partial charge in [-0.05, 0) is 29.4 Å². The maximum atomic E-state index is 10.1. The third-order valence-corrected chi connectivity index (χ3v) is 3.68. The van der Waals surface area contributed by atoms with Crippen LogP contribution in [0.2, 0.25) is 0 Å². The molecule has 0 heterocycles. The van der Waals surface area contributed by atoms with Crippen molar-refractivity contribution in [1.29, 1.82) is 0 Å². The smallest absolute Gasteiger partial charge is 0.122 e. The van der Waals surface area contributed by atoms with Crippen molar-refractivity contribution in [3.8, 4) is 5.75 Å². The van der Waals surface area contributed by atoms with Crippen LogP contribution >= 0.6 is 0 Å². The molecule has 0 spiro atoms. The summed E-state index contributed by atoms with van der Waals surface area (Å²) < 4.78 is 5.29. The zero-order chi connectivity index (χ0) is 11.8. The minimum absolute atomic E-state index is 0.244. The average molecular weight is 220 g/mol. The summed E-state index contributed by atoms with van der Waals surface area (Å²) in [6, 6.07) is 7.91. The third kappa shape index (κ3) is 2.22. The first-order valence-electron chi connectivity index (χ1n) is 5.84. The molecule has 0 aromatic heterocycles. The monoisotopic (exact) mass is 220 g/mol. The van der Waals surface area contributed by atoms with Crippen LogP contribution in [0.4, 0.5) is 0 Å². The molecule has 1 N–H and O–H groups in total. The molecule has 0 radical (unpaired) electrons. The van der Waals surface area contributed by atoms with Gasteiger partial charge in [-0.2, -0.15) is 0 Å². The summed E-state index contributed by atoms with van der Waals surface area (Å²) in [5, 5.41) is 10.1. The molecule has 2 heteroatoms. The van der Waals surface area contributed by atoms with Gasteiger partial charge in [0, 0.05) is 6.42 Å².